The van der Waals surface area contributed by atoms with Crippen molar-refractivity contribution in [2.45, 2.75) is 16.7 Å². The van der Waals surface area contributed by atoms with Crippen LogP contribution < -0.4 is 19.5 Å². The molecule has 1 amide bonds. The predicted molar refractivity (Wildman–Crippen MR) is 133 cm³/mol. The predicted octanol–water partition coefficient (Wildman–Crippen LogP) is 4.05. The summed E-state index contributed by atoms with van der Waals surface area (Å²) in [4.78, 5) is 16.6. The molecule has 0 aliphatic carbocycles. The maximum Gasteiger partial charge on any atom is 0.261 e. The molecule has 0 spiro atoms. The van der Waals surface area contributed by atoms with Gasteiger partial charge in [-0.1, -0.05) is 23.9 Å². The molecule has 0 saturated heterocycles. The molecule has 0 saturated carbocycles. The lowest BCUT2D eigenvalue weighted by molar-refractivity contribution is -0.118. The van der Waals surface area contributed by atoms with Crippen molar-refractivity contribution in [2.24, 2.45) is 0 Å². The summed E-state index contributed by atoms with van der Waals surface area (Å²) in [5.74, 6) is 1.29. The van der Waals surface area contributed by atoms with Crippen molar-refractivity contribution in [3.8, 4) is 11.5 Å². The summed E-state index contributed by atoms with van der Waals surface area (Å²) in [6.07, 6.45) is 0. The Labute approximate surface area is 206 Å². The third kappa shape index (κ3) is 6.25. The molecule has 0 bridgehead atoms. The van der Waals surface area contributed by atoms with Crippen molar-refractivity contribution in [2.75, 3.05) is 24.7 Å². The van der Waals surface area contributed by atoms with Gasteiger partial charge < -0.3 is 19.2 Å². The van der Waals surface area contributed by atoms with E-state index in [0.29, 0.717) is 29.1 Å². The number of methoxy groups -OCH3 is 2. The van der Waals surface area contributed by atoms with E-state index in [0.717, 1.165) is 23.1 Å². The number of thioether (sulfide) groups is 1. The van der Waals surface area contributed by atoms with Crippen LogP contribution in [0.2, 0.25) is 0 Å². The van der Waals surface area contributed by atoms with Crippen LogP contribution in [-0.2, 0) is 21.4 Å². The Bertz CT molecular complexity index is 1420. The van der Waals surface area contributed by atoms with Gasteiger partial charge in [-0.3, -0.25) is 9.52 Å². The molecule has 11 heteroatoms. The molecule has 0 aliphatic rings. The first-order chi connectivity index (χ1) is 16.9. The number of anilines is 1. The SMILES string of the molecule is COc1ccc(CNC(=O)CSc2nc3cc(S(=O)(=O)Nc4ccc(OC)cc4)ccc3o2)cc1. The second kappa shape index (κ2) is 10.7. The van der Waals surface area contributed by atoms with Crippen LogP contribution in [0, 0.1) is 0 Å². The standard InChI is InChI=1S/C24H23N3O6S2/c1-31-18-7-3-16(4-8-18)14-25-23(28)15-34-24-26-21-13-20(11-12-22(21)33-24)35(29,30)27-17-5-9-19(32-2)10-6-17/h3-13,27H,14-15H2,1-2H3,(H,25,28). The number of nitrogens with one attached hydrogen (secondary N) is 2. The van der Waals surface area contributed by atoms with E-state index < -0.39 is 10.0 Å². The Morgan fingerprint density at radius 1 is 0.971 bits per heavy atom. The Morgan fingerprint density at radius 3 is 2.29 bits per heavy atom. The Kier molecular flexibility index (Phi) is 7.47. The van der Waals surface area contributed by atoms with Crippen molar-refractivity contribution in [1.29, 1.82) is 0 Å². The van der Waals surface area contributed by atoms with E-state index >= 15 is 0 Å². The number of rotatable bonds is 10. The van der Waals surface area contributed by atoms with Gasteiger partial charge in [-0.05, 0) is 60.2 Å². The summed E-state index contributed by atoms with van der Waals surface area (Å²) in [6, 6.07) is 18.4. The molecular formula is C24H23N3O6S2. The number of benzene rings is 3. The molecule has 1 aromatic heterocycles. The maximum absolute atomic E-state index is 12.8. The van der Waals surface area contributed by atoms with Gasteiger partial charge in [-0.15, -0.1) is 0 Å². The van der Waals surface area contributed by atoms with Gasteiger partial charge in [0.2, 0.25) is 5.91 Å². The van der Waals surface area contributed by atoms with E-state index in [2.05, 4.69) is 15.0 Å². The molecule has 0 unspecified atom stereocenters. The van der Waals surface area contributed by atoms with Gasteiger partial charge in [0.05, 0.1) is 24.9 Å². The van der Waals surface area contributed by atoms with E-state index in [1.807, 2.05) is 24.3 Å². The van der Waals surface area contributed by atoms with Crippen molar-refractivity contribution in [1.82, 2.24) is 10.3 Å². The number of hydrogen-bond donors (Lipinski definition) is 2. The molecule has 4 rings (SSSR count). The number of hydrogen-bond acceptors (Lipinski definition) is 8. The fourth-order valence-electron chi connectivity index (χ4n) is 3.11. The first-order valence-corrected chi connectivity index (χ1v) is 12.9. The molecule has 35 heavy (non-hydrogen) atoms. The lowest BCUT2D eigenvalue weighted by Crippen LogP contribution is -2.24. The van der Waals surface area contributed by atoms with Crippen molar-refractivity contribution < 1.29 is 27.1 Å². The number of carbonyl (C=O) groups excluding carboxylic acids is 1. The molecule has 1 heterocycles. The zero-order valence-corrected chi connectivity index (χ0v) is 20.6. The minimum Gasteiger partial charge on any atom is -0.497 e. The molecule has 182 valence electrons. The third-order valence-corrected chi connectivity index (χ3v) is 7.17. The smallest absolute Gasteiger partial charge is 0.261 e. The number of amides is 1. The lowest BCUT2D eigenvalue weighted by Gasteiger charge is -2.08. The molecule has 9 nitrogen and oxygen atoms in total. The van der Waals surface area contributed by atoms with Gasteiger partial charge in [0.1, 0.15) is 17.0 Å². The highest BCUT2D eigenvalue weighted by molar-refractivity contribution is 7.99. The van der Waals surface area contributed by atoms with Crippen LogP contribution in [0.25, 0.3) is 11.1 Å². The quantitative estimate of drug-likeness (QED) is 0.305. The summed E-state index contributed by atoms with van der Waals surface area (Å²) in [6.45, 7) is 0.388. The van der Waals surface area contributed by atoms with Crippen molar-refractivity contribution >= 4 is 44.5 Å². The fourth-order valence-corrected chi connectivity index (χ4v) is 4.86. The summed E-state index contributed by atoms with van der Waals surface area (Å²) < 4.78 is 43.9. The zero-order chi connectivity index (χ0) is 24.8. The van der Waals surface area contributed by atoms with E-state index in [9.17, 15) is 13.2 Å². The van der Waals surface area contributed by atoms with Gasteiger partial charge >= 0.3 is 0 Å². The average molecular weight is 514 g/mol. The van der Waals surface area contributed by atoms with Crippen LogP contribution in [-0.4, -0.2) is 39.3 Å². The highest BCUT2D eigenvalue weighted by Crippen LogP contribution is 2.26. The first-order valence-electron chi connectivity index (χ1n) is 10.5. The van der Waals surface area contributed by atoms with Crippen LogP contribution in [0.5, 0.6) is 11.5 Å². The van der Waals surface area contributed by atoms with Crippen LogP contribution in [0.4, 0.5) is 5.69 Å². The molecule has 2 N–H and O–H groups in total. The topological polar surface area (TPSA) is 120 Å². The van der Waals surface area contributed by atoms with Crippen LogP contribution >= 0.6 is 11.8 Å². The minimum atomic E-state index is -3.83. The molecule has 0 fully saturated rings. The van der Waals surface area contributed by atoms with E-state index in [1.165, 1.54) is 19.2 Å². The van der Waals surface area contributed by atoms with Gasteiger partial charge in [-0.25, -0.2) is 13.4 Å². The summed E-state index contributed by atoms with van der Waals surface area (Å²) in [7, 11) is -0.698. The number of oxazole rings is 1. The molecular weight excluding hydrogens is 490 g/mol. The van der Waals surface area contributed by atoms with Crippen molar-refractivity contribution in [3.05, 3.63) is 72.3 Å². The molecule has 0 radical (unpaired) electrons. The zero-order valence-electron chi connectivity index (χ0n) is 19.0. The Morgan fingerprint density at radius 2 is 1.63 bits per heavy atom. The number of nitrogens with zero attached hydrogens (tertiary/aromatic N) is 1. The minimum absolute atomic E-state index is 0.0444. The normalized spacial score (nSPS) is 11.3. The largest absolute Gasteiger partial charge is 0.497 e. The summed E-state index contributed by atoms with van der Waals surface area (Å²) >= 11 is 1.13. The highest BCUT2D eigenvalue weighted by atomic mass is 32.2. The van der Waals surface area contributed by atoms with E-state index in [4.69, 9.17) is 13.9 Å². The van der Waals surface area contributed by atoms with Gasteiger partial charge in [0.25, 0.3) is 15.2 Å². The summed E-state index contributed by atoms with van der Waals surface area (Å²) in [5.41, 5.74) is 2.16. The molecule has 3 aromatic carbocycles. The summed E-state index contributed by atoms with van der Waals surface area (Å²) in [5, 5.41) is 3.11. The lowest BCUT2D eigenvalue weighted by atomic mass is 10.2. The van der Waals surface area contributed by atoms with Crippen LogP contribution in [0.1, 0.15) is 5.56 Å². The highest BCUT2D eigenvalue weighted by Gasteiger charge is 2.17. The van der Waals surface area contributed by atoms with E-state index in [-0.39, 0.29) is 21.8 Å². The molecule has 0 aliphatic heterocycles. The van der Waals surface area contributed by atoms with Gasteiger partial charge in [0, 0.05) is 12.2 Å². The second-order valence-electron chi connectivity index (χ2n) is 7.36. The maximum atomic E-state index is 12.8. The van der Waals surface area contributed by atoms with Crippen LogP contribution in [0.3, 0.4) is 0 Å². The number of carbonyl (C=O) groups is 1. The number of aromatic nitrogens is 1. The molecule has 4 aromatic rings. The first kappa shape index (κ1) is 24.4. The molecule has 0 atom stereocenters. The number of sulfonamides is 1. The van der Waals surface area contributed by atoms with Crippen molar-refractivity contribution in [3.63, 3.8) is 0 Å². The van der Waals surface area contributed by atoms with E-state index in [1.54, 1.807) is 37.4 Å². The Hall–Kier alpha value is -3.70. The second-order valence-corrected chi connectivity index (χ2v) is 9.97. The van der Waals surface area contributed by atoms with Crippen LogP contribution in [0.15, 0.2) is 81.3 Å². The number of ether oxygens (including phenoxy) is 2. The van der Waals surface area contributed by atoms with Gasteiger partial charge in [-0.2, -0.15) is 0 Å². The monoisotopic (exact) mass is 513 g/mol. The Balaban J connectivity index is 1.36. The average Bonchev–Trinajstić information content (AvgIpc) is 3.29. The third-order valence-electron chi connectivity index (χ3n) is 4.97. The fraction of sp³-hybridized carbons (Fsp3) is 0.167. The van der Waals surface area contributed by atoms with Gasteiger partial charge in [0.15, 0.2) is 5.58 Å². The number of fused-ring (bicyclic) bond motifs is 1.